The molecular formula is C22H19N3O4. The minimum atomic E-state index is -0.293. The lowest BCUT2D eigenvalue weighted by atomic mass is 10.1. The topological polar surface area (TPSA) is 85.8 Å². The van der Waals surface area contributed by atoms with E-state index in [1.54, 1.807) is 37.3 Å². The zero-order valence-corrected chi connectivity index (χ0v) is 15.8. The summed E-state index contributed by atoms with van der Waals surface area (Å²) in [7, 11) is 0. The Morgan fingerprint density at radius 2 is 1.86 bits per heavy atom. The van der Waals surface area contributed by atoms with Gasteiger partial charge in [0.1, 0.15) is 18.1 Å². The lowest BCUT2D eigenvalue weighted by Gasteiger charge is -2.08. The van der Waals surface area contributed by atoms with E-state index in [2.05, 4.69) is 10.3 Å². The molecule has 0 radical (unpaired) electrons. The van der Waals surface area contributed by atoms with Crippen molar-refractivity contribution in [1.29, 1.82) is 0 Å². The third-order valence-corrected chi connectivity index (χ3v) is 4.26. The van der Waals surface area contributed by atoms with E-state index in [9.17, 15) is 9.59 Å². The molecule has 0 unspecified atom stereocenters. The number of carbonyl (C=O) groups excluding carboxylic acids is 1. The maximum Gasteiger partial charge on any atom is 0.287 e. The third-order valence-electron chi connectivity index (χ3n) is 4.26. The van der Waals surface area contributed by atoms with Crippen LogP contribution in [0.15, 0.2) is 76.0 Å². The summed E-state index contributed by atoms with van der Waals surface area (Å²) >= 11 is 0. The number of amides is 1. The lowest BCUT2D eigenvalue weighted by molar-refractivity contribution is -0.115. The Morgan fingerprint density at radius 1 is 1.10 bits per heavy atom. The molecule has 1 amide bonds. The first kappa shape index (κ1) is 18.5. The predicted molar refractivity (Wildman–Crippen MR) is 108 cm³/mol. The van der Waals surface area contributed by atoms with Gasteiger partial charge in [-0.1, -0.05) is 30.3 Å². The number of anilines is 1. The predicted octanol–water partition coefficient (Wildman–Crippen LogP) is 3.36. The van der Waals surface area contributed by atoms with Crippen molar-refractivity contribution in [3.05, 3.63) is 94.1 Å². The largest absolute Gasteiger partial charge is 0.487 e. The minimum Gasteiger partial charge on any atom is -0.487 e. The molecule has 0 aliphatic heterocycles. The van der Waals surface area contributed by atoms with E-state index in [1.165, 1.54) is 6.07 Å². The van der Waals surface area contributed by atoms with Crippen LogP contribution in [0, 0.1) is 6.92 Å². The number of fused-ring (bicyclic) bond motifs is 1. The molecule has 29 heavy (non-hydrogen) atoms. The van der Waals surface area contributed by atoms with Crippen molar-refractivity contribution in [1.82, 2.24) is 9.56 Å². The highest BCUT2D eigenvalue weighted by Gasteiger charge is 2.08. The quantitative estimate of drug-likeness (QED) is 0.547. The SMILES string of the molecule is Cc1cc2nc(COc3ccc(NC(=O)Cc4ccccc4)cc3)cc(=O)n2o1. The number of hydrogen-bond acceptors (Lipinski definition) is 5. The second-order valence-corrected chi connectivity index (χ2v) is 6.61. The Morgan fingerprint density at radius 3 is 2.62 bits per heavy atom. The van der Waals surface area contributed by atoms with Gasteiger partial charge in [-0.2, -0.15) is 0 Å². The average Bonchev–Trinajstić information content (AvgIpc) is 3.09. The van der Waals surface area contributed by atoms with Gasteiger partial charge in [-0.25, -0.2) is 4.98 Å². The van der Waals surface area contributed by atoms with Gasteiger partial charge in [-0.15, -0.1) is 4.57 Å². The van der Waals surface area contributed by atoms with Gasteiger partial charge in [0.2, 0.25) is 5.91 Å². The molecule has 0 aliphatic carbocycles. The molecule has 0 aliphatic rings. The highest BCUT2D eigenvalue weighted by Crippen LogP contribution is 2.17. The fourth-order valence-corrected chi connectivity index (χ4v) is 2.93. The maximum atomic E-state index is 12.1. The highest BCUT2D eigenvalue weighted by molar-refractivity contribution is 5.92. The first-order valence-corrected chi connectivity index (χ1v) is 9.13. The number of carbonyl (C=O) groups is 1. The van der Waals surface area contributed by atoms with Crippen molar-refractivity contribution in [2.75, 3.05) is 5.32 Å². The van der Waals surface area contributed by atoms with Gasteiger partial charge >= 0.3 is 0 Å². The summed E-state index contributed by atoms with van der Waals surface area (Å²) in [6, 6.07) is 19.7. The Labute approximate surface area is 166 Å². The van der Waals surface area contributed by atoms with Crippen LogP contribution in [0.2, 0.25) is 0 Å². The summed E-state index contributed by atoms with van der Waals surface area (Å²) in [6.45, 7) is 1.90. The van der Waals surface area contributed by atoms with E-state index in [0.717, 1.165) is 10.1 Å². The van der Waals surface area contributed by atoms with E-state index < -0.39 is 0 Å². The smallest absolute Gasteiger partial charge is 0.287 e. The first-order chi connectivity index (χ1) is 14.1. The van der Waals surface area contributed by atoms with Crippen LogP contribution in [-0.4, -0.2) is 15.5 Å². The number of aryl methyl sites for hydroxylation is 1. The van der Waals surface area contributed by atoms with E-state index in [4.69, 9.17) is 9.26 Å². The standard InChI is InChI=1S/C22H19N3O4/c1-15-11-20-23-18(13-22(27)25(20)29-15)14-28-19-9-7-17(8-10-19)24-21(26)12-16-5-3-2-4-6-16/h2-11,13H,12,14H2,1H3,(H,24,26). The molecule has 0 saturated carbocycles. The fraction of sp³-hybridized carbons (Fsp3) is 0.136. The number of benzene rings is 2. The highest BCUT2D eigenvalue weighted by atomic mass is 16.5. The third kappa shape index (κ3) is 4.52. The molecule has 0 spiro atoms. The molecule has 2 heterocycles. The van der Waals surface area contributed by atoms with Crippen LogP contribution in [0.1, 0.15) is 17.0 Å². The Balaban J connectivity index is 1.36. The van der Waals surface area contributed by atoms with Crippen molar-refractivity contribution >= 4 is 17.2 Å². The molecule has 2 aromatic heterocycles. The van der Waals surface area contributed by atoms with Crippen LogP contribution < -0.4 is 15.6 Å². The zero-order chi connectivity index (χ0) is 20.2. The molecule has 146 valence electrons. The van der Waals surface area contributed by atoms with E-state index >= 15 is 0 Å². The van der Waals surface area contributed by atoms with Crippen molar-refractivity contribution in [2.24, 2.45) is 0 Å². The van der Waals surface area contributed by atoms with Crippen LogP contribution in [0.25, 0.3) is 5.65 Å². The molecule has 0 saturated heterocycles. The lowest BCUT2D eigenvalue weighted by Crippen LogP contribution is -2.14. The number of hydrogen-bond donors (Lipinski definition) is 1. The van der Waals surface area contributed by atoms with Crippen LogP contribution in [-0.2, 0) is 17.8 Å². The number of aromatic nitrogens is 2. The summed E-state index contributed by atoms with van der Waals surface area (Å²) in [5, 5.41) is 2.86. The second kappa shape index (κ2) is 8.02. The molecule has 2 aromatic carbocycles. The average molecular weight is 389 g/mol. The van der Waals surface area contributed by atoms with Crippen molar-refractivity contribution < 1.29 is 14.1 Å². The van der Waals surface area contributed by atoms with Gasteiger partial charge in [-0.3, -0.25) is 9.59 Å². The van der Waals surface area contributed by atoms with Crippen LogP contribution in [0.4, 0.5) is 5.69 Å². The Kier molecular flexibility index (Phi) is 5.11. The maximum absolute atomic E-state index is 12.1. The van der Waals surface area contributed by atoms with Gasteiger partial charge in [0.25, 0.3) is 5.56 Å². The molecule has 4 rings (SSSR count). The summed E-state index contributed by atoms with van der Waals surface area (Å²) in [5.74, 6) is 1.13. The zero-order valence-electron chi connectivity index (χ0n) is 15.8. The second-order valence-electron chi connectivity index (χ2n) is 6.61. The molecule has 0 fully saturated rings. The van der Waals surface area contributed by atoms with Gasteiger partial charge in [0.05, 0.1) is 12.1 Å². The van der Waals surface area contributed by atoms with E-state index in [0.29, 0.717) is 35.0 Å². The number of nitrogens with one attached hydrogen (secondary N) is 1. The molecule has 1 N–H and O–H groups in total. The van der Waals surface area contributed by atoms with Gasteiger partial charge in [0.15, 0.2) is 5.65 Å². The molecule has 0 atom stereocenters. The summed E-state index contributed by atoms with van der Waals surface area (Å²) in [4.78, 5) is 28.5. The van der Waals surface area contributed by atoms with Crippen molar-refractivity contribution in [2.45, 2.75) is 20.0 Å². The van der Waals surface area contributed by atoms with Crippen molar-refractivity contribution in [3.63, 3.8) is 0 Å². The van der Waals surface area contributed by atoms with E-state index in [-0.39, 0.29) is 18.1 Å². The summed E-state index contributed by atoms with van der Waals surface area (Å²) in [5.41, 5.74) is 2.31. The normalized spacial score (nSPS) is 10.8. The van der Waals surface area contributed by atoms with Gasteiger partial charge < -0.3 is 14.6 Å². The molecule has 0 bridgehead atoms. The summed E-state index contributed by atoms with van der Waals surface area (Å²) in [6.07, 6.45) is 0.316. The molecule has 7 nitrogen and oxygen atoms in total. The van der Waals surface area contributed by atoms with E-state index in [1.807, 2.05) is 30.3 Å². The first-order valence-electron chi connectivity index (χ1n) is 9.13. The fourth-order valence-electron chi connectivity index (χ4n) is 2.93. The van der Waals surface area contributed by atoms with Crippen molar-refractivity contribution in [3.8, 4) is 5.75 Å². The van der Waals surface area contributed by atoms with Gasteiger partial charge in [-0.05, 0) is 36.8 Å². The molecule has 7 heteroatoms. The Bertz CT molecular complexity index is 1190. The number of ether oxygens (including phenoxy) is 1. The number of nitrogens with zero attached hydrogens (tertiary/aromatic N) is 2. The summed E-state index contributed by atoms with van der Waals surface area (Å²) < 4.78 is 12.1. The monoisotopic (exact) mass is 389 g/mol. The van der Waals surface area contributed by atoms with Crippen LogP contribution in [0.3, 0.4) is 0 Å². The molecular weight excluding hydrogens is 370 g/mol. The Hall–Kier alpha value is -3.87. The van der Waals surface area contributed by atoms with Gasteiger partial charge in [0, 0.05) is 17.8 Å². The van der Waals surface area contributed by atoms with Crippen LogP contribution >= 0.6 is 0 Å². The number of rotatable bonds is 6. The minimum absolute atomic E-state index is 0.0850. The molecule has 4 aromatic rings. The van der Waals surface area contributed by atoms with Crippen LogP contribution in [0.5, 0.6) is 5.75 Å².